The molecule has 1 unspecified atom stereocenters. The van der Waals surface area contributed by atoms with Crippen molar-refractivity contribution < 1.29 is 4.79 Å². The molecule has 3 heteroatoms. The summed E-state index contributed by atoms with van der Waals surface area (Å²) in [6.07, 6.45) is 6.74. The van der Waals surface area contributed by atoms with Gasteiger partial charge in [-0.3, -0.25) is 4.79 Å². The van der Waals surface area contributed by atoms with E-state index in [1.165, 1.54) is 0 Å². The first-order valence-electron chi connectivity index (χ1n) is 6.37. The fraction of sp³-hybridized carbons (Fsp3) is 0.846. The molecule has 0 bridgehead atoms. The van der Waals surface area contributed by atoms with Crippen molar-refractivity contribution in [3.8, 4) is 6.07 Å². The zero-order chi connectivity index (χ0) is 12.0. The lowest BCUT2D eigenvalue weighted by Crippen LogP contribution is -2.42. The Balaban J connectivity index is 2.47. The predicted octanol–water partition coefficient (Wildman–Crippen LogP) is 2.77. The van der Waals surface area contributed by atoms with Crippen LogP contribution in [-0.4, -0.2) is 11.9 Å². The van der Waals surface area contributed by atoms with E-state index in [0.29, 0.717) is 0 Å². The number of rotatable bonds is 5. The van der Waals surface area contributed by atoms with Gasteiger partial charge in [0.1, 0.15) is 5.41 Å². The summed E-state index contributed by atoms with van der Waals surface area (Å²) in [6, 6.07) is 2.42. The van der Waals surface area contributed by atoms with E-state index >= 15 is 0 Å². The molecule has 0 aromatic heterocycles. The van der Waals surface area contributed by atoms with Crippen molar-refractivity contribution in [1.82, 2.24) is 5.32 Å². The monoisotopic (exact) mass is 222 g/mol. The number of nitrogens with one attached hydrogen (secondary N) is 1. The maximum absolute atomic E-state index is 12.0. The maximum Gasteiger partial charge on any atom is 0.240 e. The molecule has 0 aliphatic heterocycles. The fourth-order valence-corrected chi connectivity index (χ4v) is 2.31. The van der Waals surface area contributed by atoms with Gasteiger partial charge in [0.15, 0.2) is 0 Å². The van der Waals surface area contributed by atoms with E-state index in [2.05, 4.69) is 18.3 Å². The molecule has 0 saturated heterocycles. The number of amides is 1. The molecule has 90 valence electrons. The molecule has 1 rings (SSSR count). The molecule has 1 amide bonds. The van der Waals surface area contributed by atoms with Crippen molar-refractivity contribution >= 4 is 5.91 Å². The molecular weight excluding hydrogens is 200 g/mol. The molecule has 0 aromatic rings. The minimum atomic E-state index is -0.722. The lowest BCUT2D eigenvalue weighted by molar-refractivity contribution is -0.128. The molecule has 3 nitrogen and oxygen atoms in total. The van der Waals surface area contributed by atoms with Crippen LogP contribution in [0.1, 0.15) is 58.8 Å². The quantitative estimate of drug-likeness (QED) is 0.777. The Morgan fingerprint density at radius 3 is 2.62 bits per heavy atom. The van der Waals surface area contributed by atoms with E-state index in [1.54, 1.807) is 0 Å². The van der Waals surface area contributed by atoms with Gasteiger partial charge in [-0.2, -0.15) is 5.26 Å². The van der Waals surface area contributed by atoms with Gasteiger partial charge in [0.2, 0.25) is 5.91 Å². The normalized spacial score (nSPS) is 20.1. The highest BCUT2D eigenvalue weighted by molar-refractivity contribution is 5.85. The van der Waals surface area contributed by atoms with Crippen molar-refractivity contribution in [3.05, 3.63) is 0 Å². The summed E-state index contributed by atoms with van der Waals surface area (Å²) in [5.74, 6) is -0.0453. The van der Waals surface area contributed by atoms with E-state index in [9.17, 15) is 4.79 Å². The predicted molar refractivity (Wildman–Crippen MR) is 63.6 cm³/mol. The lowest BCUT2D eigenvalue weighted by Gasteiger charge is -2.22. The highest BCUT2D eigenvalue weighted by Crippen LogP contribution is 2.37. The Labute approximate surface area is 98.2 Å². The summed E-state index contributed by atoms with van der Waals surface area (Å²) < 4.78 is 0. The van der Waals surface area contributed by atoms with E-state index in [4.69, 9.17) is 5.26 Å². The molecule has 1 fully saturated rings. The lowest BCUT2D eigenvalue weighted by atomic mass is 9.86. The van der Waals surface area contributed by atoms with E-state index in [-0.39, 0.29) is 11.9 Å². The number of carbonyl (C=O) groups is 1. The third-order valence-corrected chi connectivity index (χ3v) is 3.47. The maximum atomic E-state index is 12.0. The van der Waals surface area contributed by atoms with Gasteiger partial charge in [-0.1, -0.05) is 32.6 Å². The van der Waals surface area contributed by atoms with Gasteiger partial charge in [0.25, 0.3) is 0 Å². The molecule has 1 aliphatic rings. The van der Waals surface area contributed by atoms with Crippen LogP contribution < -0.4 is 5.32 Å². The second-order valence-electron chi connectivity index (χ2n) is 4.92. The van der Waals surface area contributed by atoms with Crippen LogP contribution in [-0.2, 0) is 4.79 Å². The van der Waals surface area contributed by atoms with Crippen LogP contribution in [0.25, 0.3) is 0 Å². The summed E-state index contributed by atoms with van der Waals surface area (Å²) in [7, 11) is 0. The third-order valence-electron chi connectivity index (χ3n) is 3.47. The number of nitrogens with zero attached hydrogens (tertiary/aromatic N) is 1. The number of nitriles is 1. The molecule has 16 heavy (non-hydrogen) atoms. The van der Waals surface area contributed by atoms with Gasteiger partial charge in [-0.05, 0) is 26.2 Å². The van der Waals surface area contributed by atoms with Crippen LogP contribution in [0, 0.1) is 16.7 Å². The van der Waals surface area contributed by atoms with Gasteiger partial charge < -0.3 is 5.32 Å². The third kappa shape index (κ3) is 2.98. The topological polar surface area (TPSA) is 52.9 Å². The van der Waals surface area contributed by atoms with Crippen molar-refractivity contribution in [2.75, 3.05) is 0 Å². The van der Waals surface area contributed by atoms with Crippen molar-refractivity contribution in [2.24, 2.45) is 5.41 Å². The van der Waals surface area contributed by atoms with Crippen molar-refractivity contribution in [2.45, 2.75) is 64.8 Å². The van der Waals surface area contributed by atoms with E-state index in [0.717, 1.165) is 44.9 Å². The molecule has 0 heterocycles. The number of carbonyl (C=O) groups excluding carboxylic acids is 1. The average molecular weight is 222 g/mol. The highest BCUT2D eigenvalue weighted by Gasteiger charge is 2.41. The van der Waals surface area contributed by atoms with E-state index < -0.39 is 5.41 Å². The molecule has 0 spiro atoms. The highest BCUT2D eigenvalue weighted by atomic mass is 16.2. The standard InChI is InChI=1S/C13H22N2O/c1-3-4-7-11(2)15-12(16)13(10-14)8-5-6-9-13/h11H,3-9H2,1-2H3,(H,15,16). The van der Waals surface area contributed by atoms with Crippen LogP contribution in [0.2, 0.25) is 0 Å². The first-order chi connectivity index (χ1) is 7.64. The Bertz CT molecular complexity index is 274. The van der Waals surface area contributed by atoms with Crippen LogP contribution in [0.3, 0.4) is 0 Å². The first-order valence-corrected chi connectivity index (χ1v) is 6.37. The van der Waals surface area contributed by atoms with Crippen molar-refractivity contribution in [1.29, 1.82) is 5.26 Å². The molecule has 0 radical (unpaired) electrons. The molecular formula is C13H22N2O. The van der Waals surface area contributed by atoms with Crippen molar-refractivity contribution in [3.63, 3.8) is 0 Å². The zero-order valence-corrected chi connectivity index (χ0v) is 10.4. The summed E-state index contributed by atoms with van der Waals surface area (Å²) in [5.41, 5.74) is -0.722. The SMILES string of the molecule is CCCCC(C)NC(=O)C1(C#N)CCCC1. The summed E-state index contributed by atoms with van der Waals surface area (Å²) in [5, 5.41) is 12.2. The summed E-state index contributed by atoms with van der Waals surface area (Å²) in [4.78, 5) is 12.0. The smallest absolute Gasteiger partial charge is 0.240 e. The summed E-state index contributed by atoms with van der Waals surface area (Å²) >= 11 is 0. The molecule has 1 atom stereocenters. The molecule has 1 saturated carbocycles. The van der Waals surface area contributed by atoms with Crippen LogP contribution in [0.4, 0.5) is 0 Å². The second-order valence-corrected chi connectivity index (χ2v) is 4.92. The largest absolute Gasteiger partial charge is 0.352 e. The van der Waals surface area contributed by atoms with Crippen LogP contribution >= 0.6 is 0 Å². The zero-order valence-electron chi connectivity index (χ0n) is 10.4. The Kier molecular flexibility index (Phi) is 4.79. The molecule has 1 N–H and O–H groups in total. The number of hydrogen-bond acceptors (Lipinski definition) is 2. The molecule has 0 aromatic carbocycles. The Morgan fingerprint density at radius 2 is 2.12 bits per heavy atom. The second kappa shape index (κ2) is 5.89. The minimum absolute atomic E-state index is 0.0453. The van der Waals surface area contributed by atoms with E-state index in [1.807, 2.05) is 6.92 Å². The molecule has 1 aliphatic carbocycles. The van der Waals surface area contributed by atoms with Crippen LogP contribution in [0.5, 0.6) is 0 Å². The Hall–Kier alpha value is -1.04. The summed E-state index contributed by atoms with van der Waals surface area (Å²) in [6.45, 7) is 4.16. The average Bonchev–Trinajstić information content (AvgIpc) is 2.76. The van der Waals surface area contributed by atoms with Gasteiger partial charge in [-0.25, -0.2) is 0 Å². The first kappa shape index (κ1) is 13.0. The van der Waals surface area contributed by atoms with Gasteiger partial charge in [-0.15, -0.1) is 0 Å². The Morgan fingerprint density at radius 1 is 1.50 bits per heavy atom. The fourth-order valence-electron chi connectivity index (χ4n) is 2.31. The van der Waals surface area contributed by atoms with Gasteiger partial charge in [0, 0.05) is 6.04 Å². The number of hydrogen-bond donors (Lipinski definition) is 1. The number of unbranched alkanes of at least 4 members (excludes halogenated alkanes) is 1. The minimum Gasteiger partial charge on any atom is -0.352 e. The van der Waals surface area contributed by atoms with Crippen LogP contribution in [0.15, 0.2) is 0 Å². The van der Waals surface area contributed by atoms with Gasteiger partial charge in [0.05, 0.1) is 6.07 Å². The van der Waals surface area contributed by atoms with Gasteiger partial charge >= 0.3 is 0 Å².